The fraction of sp³-hybridized carbons (Fsp3) is 0.533. The van der Waals surface area contributed by atoms with Crippen LogP contribution in [-0.4, -0.2) is 22.6 Å². The first-order valence-corrected chi connectivity index (χ1v) is 6.74. The van der Waals surface area contributed by atoms with Crippen LogP contribution in [0.15, 0.2) is 18.2 Å². The van der Waals surface area contributed by atoms with Crippen molar-refractivity contribution in [2.24, 2.45) is 7.05 Å². The van der Waals surface area contributed by atoms with E-state index in [9.17, 15) is 0 Å². The number of rotatable bonds is 1. The number of aryl methyl sites for hydroxylation is 2. The van der Waals surface area contributed by atoms with E-state index in [0.29, 0.717) is 0 Å². The van der Waals surface area contributed by atoms with Gasteiger partial charge in [0.1, 0.15) is 5.82 Å². The van der Waals surface area contributed by atoms with Crippen molar-refractivity contribution in [2.45, 2.75) is 32.1 Å². The second-order valence-corrected chi connectivity index (χ2v) is 5.83. The Morgan fingerprint density at radius 1 is 1.39 bits per heavy atom. The highest BCUT2D eigenvalue weighted by Gasteiger charge is 2.33. The largest absolute Gasteiger partial charge is 0.331 e. The molecule has 2 heterocycles. The number of aromatic nitrogens is 2. The van der Waals surface area contributed by atoms with Crippen LogP contribution in [-0.2, 0) is 12.5 Å². The van der Waals surface area contributed by atoms with Crippen molar-refractivity contribution in [1.82, 2.24) is 14.9 Å². The van der Waals surface area contributed by atoms with Crippen molar-refractivity contribution in [1.29, 1.82) is 0 Å². The molecule has 1 aliphatic rings. The number of nitrogens with zero attached hydrogens (tertiary/aromatic N) is 2. The highest BCUT2D eigenvalue weighted by molar-refractivity contribution is 5.77. The Labute approximate surface area is 108 Å². The molecule has 1 aromatic heterocycles. The molecule has 1 unspecified atom stereocenters. The quantitative estimate of drug-likeness (QED) is 0.834. The lowest BCUT2D eigenvalue weighted by Crippen LogP contribution is -2.42. The average Bonchev–Trinajstić information content (AvgIpc) is 2.68. The van der Waals surface area contributed by atoms with Gasteiger partial charge in [-0.1, -0.05) is 13.0 Å². The minimum atomic E-state index is 0.167. The lowest BCUT2D eigenvalue weighted by molar-refractivity contribution is 0.318. The van der Waals surface area contributed by atoms with Crippen molar-refractivity contribution in [3.8, 4) is 0 Å². The number of hydrogen-bond donors (Lipinski definition) is 1. The summed E-state index contributed by atoms with van der Waals surface area (Å²) in [5.74, 6) is 1.22. The number of benzene rings is 1. The van der Waals surface area contributed by atoms with Gasteiger partial charge in [0.05, 0.1) is 11.0 Å². The molecule has 1 saturated heterocycles. The maximum Gasteiger partial charge on any atom is 0.116 e. The third-order valence-electron chi connectivity index (χ3n) is 4.17. The molecular formula is C15H21N3. The number of nitrogens with one attached hydrogen (secondary N) is 1. The van der Waals surface area contributed by atoms with Gasteiger partial charge in [-0.05, 0) is 44.0 Å². The molecule has 1 fully saturated rings. The Morgan fingerprint density at radius 3 is 2.94 bits per heavy atom. The molecule has 1 N–H and O–H groups in total. The summed E-state index contributed by atoms with van der Waals surface area (Å²) >= 11 is 0. The monoisotopic (exact) mass is 243 g/mol. The third-order valence-corrected chi connectivity index (χ3v) is 4.17. The predicted octanol–water partition coefficient (Wildman–Crippen LogP) is 2.52. The van der Waals surface area contributed by atoms with Crippen LogP contribution in [0.1, 0.15) is 31.2 Å². The molecule has 0 amide bonds. The van der Waals surface area contributed by atoms with Gasteiger partial charge in [-0.15, -0.1) is 0 Å². The molecule has 3 rings (SSSR count). The number of imidazole rings is 1. The van der Waals surface area contributed by atoms with Crippen LogP contribution in [0.25, 0.3) is 11.0 Å². The van der Waals surface area contributed by atoms with Crippen LogP contribution in [0.2, 0.25) is 0 Å². The average molecular weight is 243 g/mol. The van der Waals surface area contributed by atoms with Gasteiger partial charge in [-0.2, -0.15) is 0 Å². The van der Waals surface area contributed by atoms with E-state index >= 15 is 0 Å². The molecule has 0 aliphatic carbocycles. The molecule has 0 bridgehead atoms. The van der Waals surface area contributed by atoms with E-state index in [4.69, 9.17) is 4.98 Å². The summed E-state index contributed by atoms with van der Waals surface area (Å²) in [6, 6.07) is 6.52. The van der Waals surface area contributed by atoms with Gasteiger partial charge in [0.25, 0.3) is 0 Å². The molecule has 3 heteroatoms. The van der Waals surface area contributed by atoms with Crippen LogP contribution in [0.4, 0.5) is 0 Å². The first-order valence-electron chi connectivity index (χ1n) is 6.74. The van der Waals surface area contributed by atoms with E-state index in [-0.39, 0.29) is 5.41 Å². The van der Waals surface area contributed by atoms with Crippen LogP contribution < -0.4 is 5.32 Å². The van der Waals surface area contributed by atoms with E-state index in [0.717, 1.165) is 18.6 Å². The Bertz CT molecular complexity index is 577. The third kappa shape index (κ3) is 1.74. The van der Waals surface area contributed by atoms with E-state index in [2.05, 4.69) is 49.0 Å². The summed E-state index contributed by atoms with van der Waals surface area (Å²) in [5.41, 5.74) is 3.81. The van der Waals surface area contributed by atoms with Gasteiger partial charge in [0, 0.05) is 19.0 Å². The van der Waals surface area contributed by atoms with Crippen LogP contribution in [0.3, 0.4) is 0 Å². The lowest BCUT2D eigenvalue weighted by atomic mass is 9.82. The maximum atomic E-state index is 4.89. The molecule has 18 heavy (non-hydrogen) atoms. The molecule has 3 nitrogen and oxygen atoms in total. The van der Waals surface area contributed by atoms with Crippen molar-refractivity contribution in [3.63, 3.8) is 0 Å². The lowest BCUT2D eigenvalue weighted by Gasteiger charge is -2.33. The molecule has 96 valence electrons. The molecular weight excluding hydrogens is 222 g/mol. The zero-order valence-corrected chi connectivity index (χ0v) is 11.5. The number of fused-ring (bicyclic) bond motifs is 1. The highest BCUT2D eigenvalue weighted by atomic mass is 15.1. The zero-order valence-electron chi connectivity index (χ0n) is 11.5. The first-order chi connectivity index (χ1) is 8.60. The second kappa shape index (κ2) is 4.09. The number of hydrogen-bond acceptors (Lipinski definition) is 2. The van der Waals surface area contributed by atoms with E-state index in [1.165, 1.54) is 29.7 Å². The molecule has 0 spiro atoms. The SMILES string of the molecule is Cc1ccc2c(c1)nc(C1(C)CCCNC1)n2C. The normalized spacial score (nSPS) is 24.6. The fourth-order valence-corrected chi connectivity index (χ4v) is 3.10. The van der Waals surface area contributed by atoms with Crippen LogP contribution in [0.5, 0.6) is 0 Å². The van der Waals surface area contributed by atoms with E-state index in [1.54, 1.807) is 0 Å². The topological polar surface area (TPSA) is 29.9 Å². The summed E-state index contributed by atoms with van der Waals surface area (Å²) in [6.45, 7) is 6.62. The van der Waals surface area contributed by atoms with Gasteiger partial charge < -0.3 is 9.88 Å². The van der Waals surface area contributed by atoms with Crippen molar-refractivity contribution < 1.29 is 0 Å². The summed E-state index contributed by atoms with van der Waals surface area (Å²) in [4.78, 5) is 4.89. The smallest absolute Gasteiger partial charge is 0.116 e. The van der Waals surface area contributed by atoms with E-state index < -0.39 is 0 Å². The van der Waals surface area contributed by atoms with Gasteiger partial charge in [-0.25, -0.2) is 4.98 Å². The Hall–Kier alpha value is -1.35. The fourth-order valence-electron chi connectivity index (χ4n) is 3.10. The van der Waals surface area contributed by atoms with Gasteiger partial charge >= 0.3 is 0 Å². The minimum Gasteiger partial charge on any atom is -0.331 e. The predicted molar refractivity (Wildman–Crippen MR) is 74.9 cm³/mol. The standard InChI is InChI=1S/C15H21N3/c1-11-5-6-13-12(9-11)17-14(18(13)3)15(2)7-4-8-16-10-15/h5-6,9,16H,4,7-8,10H2,1-3H3. The Balaban J connectivity index is 2.14. The molecule has 1 atom stereocenters. The Kier molecular flexibility index (Phi) is 2.67. The van der Waals surface area contributed by atoms with Crippen molar-refractivity contribution in [2.75, 3.05) is 13.1 Å². The summed E-state index contributed by atoms with van der Waals surface area (Å²) in [6.07, 6.45) is 2.45. The molecule has 1 aliphatic heterocycles. The van der Waals surface area contributed by atoms with Gasteiger partial charge in [0.15, 0.2) is 0 Å². The Morgan fingerprint density at radius 2 is 2.22 bits per heavy atom. The molecule has 1 aromatic carbocycles. The summed E-state index contributed by atoms with van der Waals surface area (Å²) < 4.78 is 2.27. The van der Waals surface area contributed by atoms with E-state index in [1.807, 2.05) is 0 Å². The van der Waals surface area contributed by atoms with Crippen LogP contribution in [0, 0.1) is 6.92 Å². The number of piperidine rings is 1. The highest BCUT2D eigenvalue weighted by Crippen LogP contribution is 2.31. The maximum absolute atomic E-state index is 4.89. The zero-order chi connectivity index (χ0) is 12.8. The van der Waals surface area contributed by atoms with Crippen LogP contribution >= 0.6 is 0 Å². The molecule has 0 saturated carbocycles. The first kappa shape index (κ1) is 11.7. The second-order valence-electron chi connectivity index (χ2n) is 5.83. The summed E-state index contributed by atoms with van der Waals surface area (Å²) in [5, 5.41) is 3.50. The minimum absolute atomic E-state index is 0.167. The van der Waals surface area contributed by atoms with Gasteiger partial charge in [-0.3, -0.25) is 0 Å². The van der Waals surface area contributed by atoms with Crippen molar-refractivity contribution in [3.05, 3.63) is 29.6 Å². The summed E-state index contributed by atoms with van der Waals surface area (Å²) in [7, 11) is 2.14. The van der Waals surface area contributed by atoms with Crippen molar-refractivity contribution >= 4 is 11.0 Å². The molecule has 0 radical (unpaired) electrons. The van der Waals surface area contributed by atoms with Gasteiger partial charge in [0.2, 0.25) is 0 Å². The molecule has 2 aromatic rings.